The van der Waals surface area contributed by atoms with Gasteiger partial charge >= 0.3 is 11.7 Å². The second-order valence-electron chi connectivity index (χ2n) is 6.66. The van der Waals surface area contributed by atoms with Gasteiger partial charge in [-0.1, -0.05) is 11.8 Å². The van der Waals surface area contributed by atoms with Gasteiger partial charge in [0, 0.05) is 25.7 Å². The zero-order valence-electron chi connectivity index (χ0n) is 17.0. The lowest BCUT2D eigenvalue weighted by atomic mass is 10.2. The van der Waals surface area contributed by atoms with E-state index in [1.54, 1.807) is 25.2 Å². The number of esters is 1. The molecule has 0 saturated heterocycles. The van der Waals surface area contributed by atoms with Crippen LogP contribution in [-0.2, 0) is 30.2 Å². The highest BCUT2D eigenvalue weighted by Gasteiger charge is 2.17. The van der Waals surface area contributed by atoms with Gasteiger partial charge in [0.1, 0.15) is 5.82 Å². The molecule has 1 aromatic carbocycles. The van der Waals surface area contributed by atoms with Crippen LogP contribution in [-0.4, -0.2) is 38.6 Å². The number of ether oxygens (including phenoxy) is 3. The fourth-order valence-electron chi connectivity index (χ4n) is 3.14. The smallest absolute Gasteiger partial charge is 0.333 e. The quantitative estimate of drug-likeness (QED) is 0.342. The van der Waals surface area contributed by atoms with Crippen molar-refractivity contribution in [2.24, 2.45) is 14.1 Å². The average Bonchev–Trinajstić information content (AvgIpc) is 3.36. The minimum atomic E-state index is -0.563. The summed E-state index contributed by atoms with van der Waals surface area (Å²) in [6, 6.07) is 5.31. The molecule has 0 atom stereocenters. The first-order valence-corrected chi connectivity index (χ1v) is 9.21. The van der Waals surface area contributed by atoms with E-state index in [0.717, 1.165) is 4.57 Å². The number of carbonyl (C=O) groups is 1. The third-order valence-electron chi connectivity index (χ3n) is 4.80. The molecule has 10 nitrogen and oxygen atoms in total. The topological polar surface area (TPSA) is 107 Å². The highest BCUT2D eigenvalue weighted by Crippen LogP contribution is 2.32. The fourth-order valence-corrected chi connectivity index (χ4v) is 3.14. The summed E-state index contributed by atoms with van der Waals surface area (Å²) in [7, 11) is 4.28. The monoisotopic (exact) mass is 422 g/mol. The lowest BCUT2D eigenvalue weighted by Gasteiger charge is -2.05. The van der Waals surface area contributed by atoms with Crippen molar-refractivity contribution in [2.45, 2.75) is 6.54 Å². The third kappa shape index (κ3) is 3.57. The molecule has 10 heteroatoms. The third-order valence-corrected chi connectivity index (χ3v) is 4.80. The number of rotatable bonds is 3. The molecule has 0 saturated carbocycles. The number of nitrogens with zero attached hydrogens (tertiary/aromatic N) is 4. The minimum absolute atomic E-state index is 0.00899. The summed E-state index contributed by atoms with van der Waals surface area (Å²) >= 11 is 0. The van der Waals surface area contributed by atoms with E-state index in [-0.39, 0.29) is 24.5 Å². The van der Waals surface area contributed by atoms with Crippen LogP contribution in [0.2, 0.25) is 0 Å². The summed E-state index contributed by atoms with van der Waals surface area (Å²) < 4.78 is 19.0. The van der Waals surface area contributed by atoms with Gasteiger partial charge in [-0.25, -0.2) is 14.6 Å². The second-order valence-corrected chi connectivity index (χ2v) is 6.66. The van der Waals surface area contributed by atoms with Gasteiger partial charge in [-0.15, -0.1) is 0 Å². The summed E-state index contributed by atoms with van der Waals surface area (Å²) in [5.41, 5.74) is 0.0597. The van der Waals surface area contributed by atoms with E-state index in [1.807, 2.05) is 0 Å². The molecule has 1 aliphatic rings. The highest BCUT2D eigenvalue weighted by molar-refractivity contribution is 5.87. The molecule has 3 heterocycles. The zero-order chi connectivity index (χ0) is 22.1. The van der Waals surface area contributed by atoms with Crippen LogP contribution in [0.25, 0.3) is 17.2 Å². The Morgan fingerprint density at radius 1 is 1.23 bits per heavy atom. The number of aromatic nitrogens is 4. The molecule has 0 N–H and O–H groups in total. The summed E-state index contributed by atoms with van der Waals surface area (Å²) in [4.78, 5) is 41.1. The molecule has 0 amide bonds. The maximum absolute atomic E-state index is 12.7. The van der Waals surface area contributed by atoms with Crippen molar-refractivity contribution in [3.63, 3.8) is 0 Å². The van der Waals surface area contributed by atoms with E-state index in [9.17, 15) is 14.4 Å². The minimum Gasteiger partial charge on any atom is -0.466 e. The first kappa shape index (κ1) is 20.0. The summed E-state index contributed by atoms with van der Waals surface area (Å²) in [6.07, 6.45) is 2.60. The Balaban J connectivity index is 1.76. The summed E-state index contributed by atoms with van der Waals surface area (Å²) in [5.74, 6) is 6.94. The van der Waals surface area contributed by atoms with Crippen molar-refractivity contribution in [1.82, 2.24) is 18.7 Å². The van der Waals surface area contributed by atoms with Crippen LogP contribution >= 0.6 is 0 Å². The van der Waals surface area contributed by atoms with Crippen LogP contribution in [0.1, 0.15) is 11.4 Å². The summed E-state index contributed by atoms with van der Waals surface area (Å²) in [5, 5.41) is 0. The van der Waals surface area contributed by atoms with Gasteiger partial charge in [0.15, 0.2) is 22.7 Å². The van der Waals surface area contributed by atoms with E-state index in [0.29, 0.717) is 22.9 Å². The largest absolute Gasteiger partial charge is 0.466 e. The molecule has 0 bridgehead atoms. The molecule has 2 aromatic heterocycles. The van der Waals surface area contributed by atoms with Gasteiger partial charge in [0.25, 0.3) is 5.56 Å². The van der Waals surface area contributed by atoms with Crippen LogP contribution in [0.4, 0.5) is 0 Å². The van der Waals surface area contributed by atoms with E-state index in [1.165, 1.54) is 35.4 Å². The van der Waals surface area contributed by atoms with Crippen molar-refractivity contribution in [3.8, 4) is 23.3 Å². The summed E-state index contributed by atoms with van der Waals surface area (Å²) in [6.45, 7) is 0.180. The predicted molar refractivity (Wildman–Crippen MR) is 111 cm³/mol. The second kappa shape index (κ2) is 7.87. The Morgan fingerprint density at radius 2 is 2.00 bits per heavy atom. The van der Waals surface area contributed by atoms with Gasteiger partial charge in [0.05, 0.1) is 13.7 Å². The Bertz CT molecular complexity index is 1410. The molecule has 1 aliphatic heterocycles. The van der Waals surface area contributed by atoms with Gasteiger partial charge in [0.2, 0.25) is 6.79 Å². The Kier molecular flexibility index (Phi) is 5.09. The van der Waals surface area contributed by atoms with Crippen molar-refractivity contribution in [1.29, 1.82) is 0 Å². The van der Waals surface area contributed by atoms with Gasteiger partial charge in [-0.05, 0) is 24.3 Å². The van der Waals surface area contributed by atoms with Gasteiger partial charge < -0.3 is 18.8 Å². The zero-order valence-corrected chi connectivity index (χ0v) is 17.0. The Morgan fingerprint density at radius 3 is 2.77 bits per heavy atom. The van der Waals surface area contributed by atoms with Crippen molar-refractivity contribution >= 4 is 23.2 Å². The highest BCUT2D eigenvalue weighted by atomic mass is 16.7. The number of hydrogen-bond donors (Lipinski definition) is 0. The Labute approximate surface area is 175 Å². The molecule has 31 heavy (non-hydrogen) atoms. The maximum atomic E-state index is 12.7. The molecule has 0 radical (unpaired) electrons. The lowest BCUT2D eigenvalue weighted by Crippen LogP contribution is -2.38. The first-order valence-electron chi connectivity index (χ1n) is 9.21. The van der Waals surface area contributed by atoms with Crippen LogP contribution in [0.3, 0.4) is 0 Å². The number of aryl methyl sites for hydroxylation is 1. The fraction of sp³-hybridized carbons (Fsp3) is 0.238. The molecule has 3 aromatic rings. The molecular weight excluding hydrogens is 404 g/mol. The van der Waals surface area contributed by atoms with E-state index < -0.39 is 17.2 Å². The lowest BCUT2D eigenvalue weighted by molar-refractivity contribution is -0.134. The van der Waals surface area contributed by atoms with E-state index in [4.69, 9.17) is 9.47 Å². The van der Waals surface area contributed by atoms with Crippen LogP contribution < -0.4 is 20.7 Å². The van der Waals surface area contributed by atoms with Crippen LogP contribution in [0.15, 0.2) is 33.9 Å². The maximum Gasteiger partial charge on any atom is 0.333 e. The average molecular weight is 422 g/mol. The van der Waals surface area contributed by atoms with Crippen molar-refractivity contribution in [2.75, 3.05) is 13.9 Å². The number of benzene rings is 1. The van der Waals surface area contributed by atoms with Crippen LogP contribution in [0.5, 0.6) is 11.5 Å². The standard InChI is InChI=1S/C21H18N4O6/c1-23-16(8-9-17(26)29-3)22-19-18(23)20(27)24(2)21(28)25(19)10-4-5-13-6-7-14-15(11-13)31-12-30-14/h6-9,11H,10,12H2,1-3H3/b9-8+. The predicted octanol–water partition coefficient (Wildman–Crippen LogP) is 0.400. The van der Waals surface area contributed by atoms with Gasteiger partial charge in [-0.3, -0.25) is 13.9 Å². The Hall–Kier alpha value is -4.26. The molecule has 0 spiro atoms. The van der Waals surface area contributed by atoms with Crippen molar-refractivity contribution in [3.05, 3.63) is 56.5 Å². The number of hydrogen-bond acceptors (Lipinski definition) is 7. The molecular formula is C21H18N4O6. The molecule has 4 rings (SSSR count). The molecule has 0 aliphatic carbocycles. The number of carbonyl (C=O) groups excluding carboxylic acids is 1. The van der Waals surface area contributed by atoms with Gasteiger partial charge in [-0.2, -0.15) is 0 Å². The number of imidazole rings is 1. The molecule has 0 unspecified atom stereocenters. The normalized spacial score (nSPS) is 12.2. The van der Waals surface area contributed by atoms with E-state index >= 15 is 0 Å². The molecule has 0 fully saturated rings. The number of fused-ring (bicyclic) bond motifs is 2. The first-order chi connectivity index (χ1) is 14.9. The van der Waals surface area contributed by atoms with E-state index in [2.05, 4.69) is 21.6 Å². The molecule has 158 valence electrons. The van der Waals surface area contributed by atoms with Crippen LogP contribution in [0, 0.1) is 11.8 Å². The number of methoxy groups -OCH3 is 1. The SMILES string of the molecule is COC(=O)/C=C/c1nc2c(c(=O)n(C)c(=O)n2CC#Cc2ccc3c(c2)OCO3)n1C. The van der Waals surface area contributed by atoms with Crippen molar-refractivity contribution < 1.29 is 19.0 Å².